The maximum atomic E-state index is 14.7. The molecule has 2 aromatic carbocycles. The molecule has 1 aliphatic heterocycles. The largest absolute Gasteiger partial charge is 0.466 e. The highest BCUT2D eigenvalue weighted by molar-refractivity contribution is 7.99. The van der Waals surface area contributed by atoms with Crippen molar-refractivity contribution in [2.24, 2.45) is 17.4 Å². The number of rotatable bonds is 18. The third-order valence-electron chi connectivity index (χ3n) is 12.4. The summed E-state index contributed by atoms with van der Waals surface area (Å²) in [5.74, 6) is -10.4. The molecular formula is C53H71N11O14S. The lowest BCUT2D eigenvalue weighted by Crippen LogP contribution is -2.60. The zero-order valence-electron chi connectivity index (χ0n) is 45.2. The number of methoxy groups -OCH3 is 2. The van der Waals surface area contributed by atoms with Crippen LogP contribution in [0.15, 0.2) is 65.7 Å². The lowest BCUT2D eigenvalue weighted by Gasteiger charge is -2.27. The van der Waals surface area contributed by atoms with Gasteiger partial charge in [-0.1, -0.05) is 68.4 Å². The van der Waals surface area contributed by atoms with E-state index >= 15 is 0 Å². The van der Waals surface area contributed by atoms with Crippen LogP contribution in [0, 0.1) is 5.92 Å². The number of aromatic nitrogens is 1. The van der Waals surface area contributed by atoms with Crippen LogP contribution in [0.3, 0.4) is 0 Å². The van der Waals surface area contributed by atoms with Gasteiger partial charge in [0.25, 0.3) is 0 Å². The standard InChI is InChI=1S/C53H71N11O14S/c1-28(2)23-38-49(73)59-36(45(55)69)19-13-14-22-64-44(35(53(76)78-7)25-43(68)77-6)33-17-11-12-18-34(33)52(64)79-27-40(51(75)58-30(4)47(71)61-39(50(74)62-38)24-32-15-9-8-10-16-32)63-48(72)37(20-21-41(54)66)60-46(70)29(3)57-42(67)26-56-31(5)65/h8-12,15-18,25,28-30,36-40H,13-14,19-24,26-27H2,1-7H3,(H2,54,66)(H2,55,69)(H,56,65)(H,57,67)(H,58,75)(H,59,73)(H,60,70)(H,61,71)(H,62,74)(H,63,72)/b35-25-/t29-,30-,36-,37-,38-,39-,40-/m0/s1. The number of esters is 2. The van der Waals surface area contributed by atoms with Crippen molar-refractivity contribution in [1.29, 1.82) is 0 Å². The summed E-state index contributed by atoms with van der Waals surface area (Å²) >= 11 is 1.01. The van der Waals surface area contributed by atoms with Crippen LogP contribution in [0.4, 0.5) is 0 Å². The van der Waals surface area contributed by atoms with Crippen LogP contribution in [0.5, 0.6) is 0 Å². The van der Waals surface area contributed by atoms with E-state index in [0.29, 0.717) is 21.4 Å². The van der Waals surface area contributed by atoms with Crippen LogP contribution in [0.1, 0.15) is 84.4 Å². The summed E-state index contributed by atoms with van der Waals surface area (Å²) in [4.78, 5) is 160. The molecule has 79 heavy (non-hydrogen) atoms. The molecule has 1 aromatic heterocycles. The van der Waals surface area contributed by atoms with Crippen LogP contribution in [-0.4, -0.2) is 144 Å². The van der Waals surface area contributed by atoms with E-state index in [1.807, 2.05) is 13.8 Å². The SMILES string of the molecule is COC(=O)/C=C(\C(=O)OC)c1c2ccccc2c2n1CCCC[C@@H](C(N)=O)NC(=O)[C@H](CC(C)C)NC(=O)[C@H](Cc1ccccc1)NC(=O)[C@H](C)NC(=O)[C@@H](NC(=O)[C@H](CCC(N)=O)NC(=O)[C@H](C)NC(=O)CNC(C)=O)CS2. The summed E-state index contributed by atoms with van der Waals surface area (Å²) in [5.41, 5.74) is 11.9. The van der Waals surface area contributed by atoms with Crippen LogP contribution >= 0.6 is 11.8 Å². The van der Waals surface area contributed by atoms with Gasteiger partial charge in [-0.2, -0.15) is 0 Å². The number of nitrogens with zero attached hydrogens (tertiary/aromatic N) is 1. The fourth-order valence-corrected chi connectivity index (χ4v) is 9.59. The predicted molar refractivity (Wildman–Crippen MR) is 289 cm³/mol. The van der Waals surface area contributed by atoms with Gasteiger partial charge in [0.2, 0.25) is 59.1 Å². The third kappa shape index (κ3) is 19.3. The first-order valence-corrected chi connectivity index (χ1v) is 26.5. The predicted octanol–water partition coefficient (Wildman–Crippen LogP) is -0.744. The highest BCUT2D eigenvalue weighted by Gasteiger charge is 2.35. The Bertz CT molecular complexity index is 2780. The van der Waals surface area contributed by atoms with Gasteiger partial charge in [0, 0.05) is 48.9 Å². The van der Waals surface area contributed by atoms with Crippen LogP contribution < -0.4 is 54.0 Å². The Hall–Kier alpha value is -8.29. The minimum atomic E-state index is -1.59. The van der Waals surface area contributed by atoms with Gasteiger partial charge in [0.1, 0.15) is 42.3 Å². The van der Waals surface area contributed by atoms with Crippen molar-refractivity contribution in [2.75, 3.05) is 26.5 Å². The van der Waals surface area contributed by atoms with E-state index in [1.54, 1.807) is 59.2 Å². The minimum absolute atomic E-state index is 0.0123. The van der Waals surface area contributed by atoms with E-state index in [1.165, 1.54) is 20.8 Å². The molecule has 0 fully saturated rings. The summed E-state index contributed by atoms with van der Waals surface area (Å²) in [5, 5.41) is 21.9. The number of hydrogen-bond donors (Lipinski definition) is 10. The van der Waals surface area contributed by atoms with Gasteiger partial charge in [-0.3, -0.25) is 47.9 Å². The van der Waals surface area contributed by atoms with Crippen molar-refractivity contribution in [3.05, 3.63) is 71.9 Å². The van der Waals surface area contributed by atoms with Crippen molar-refractivity contribution in [3.8, 4) is 0 Å². The molecule has 1 aliphatic rings. The summed E-state index contributed by atoms with van der Waals surface area (Å²) in [6.45, 7) is 7.07. The highest BCUT2D eigenvalue weighted by Crippen LogP contribution is 2.38. The molecule has 10 amide bonds. The summed E-state index contributed by atoms with van der Waals surface area (Å²) in [6, 6.07) is 5.87. The van der Waals surface area contributed by atoms with Gasteiger partial charge in [-0.25, -0.2) is 9.59 Å². The molecule has 4 rings (SSSR count). The fourth-order valence-electron chi connectivity index (χ4n) is 8.36. The quantitative estimate of drug-likeness (QED) is 0.0554. The van der Waals surface area contributed by atoms with Crippen molar-refractivity contribution >= 4 is 99.1 Å². The Labute approximate surface area is 460 Å². The third-order valence-corrected chi connectivity index (χ3v) is 13.7. The smallest absolute Gasteiger partial charge is 0.340 e. The summed E-state index contributed by atoms with van der Waals surface area (Å²) in [6.07, 6.45) is 0.685. The molecular weight excluding hydrogens is 1050 g/mol. The molecule has 25 nitrogen and oxygen atoms in total. The maximum absolute atomic E-state index is 14.7. The number of fused-ring (bicyclic) bond motifs is 3. The second-order valence-electron chi connectivity index (χ2n) is 19.2. The van der Waals surface area contributed by atoms with Crippen molar-refractivity contribution in [2.45, 2.75) is 133 Å². The molecule has 0 bridgehead atoms. The zero-order chi connectivity index (χ0) is 58.5. The number of nitrogens with two attached hydrogens (primary N) is 2. The first-order chi connectivity index (χ1) is 37.4. The van der Waals surface area contributed by atoms with Gasteiger partial charge in [-0.05, 0) is 57.4 Å². The Kier molecular flexibility index (Phi) is 24.5. The van der Waals surface area contributed by atoms with Gasteiger partial charge in [0.15, 0.2) is 0 Å². The average Bonchev–Trinajstić information content (AvgIpc) is 3.79. The van der Waals surface area contributed by atoms with Crippen LogP contribution in [0.25, 0.3) is 16.3 Å². The number of amides is 10. The van der Waals surface area contributed by atoms with E-state index < -0.39 is 126 Å². The molecule has 0 spiro atoms. The van der Waals surface area contributed by atoms with Crippen LogP contribution in [0.2, 0.25) is 0 Å². The number of carbonyl (C=O) groups is 12. The molecule has 0 unspecified atom stereocenters. The van der Waals surface area contributed by atoms with Crippen molar-refractivity contribution < 1.29 is 67.0 Å². The zero-order valence-corrected chi connectivity index (χ0v) is 46.0. The second kappa shape index (κ2) is 30.6. The van der Waals surface area contributed by atoms with Crippen molar-refractivity contribution in [1.82, 2.24) is 47.1 Å². The van der Waals surface area contributed by atoms with Gasteiger partial charge in [0.05, 0.1) is 37.1 Å². The minimum Gasteiger partial charge on any atom is -0.466 e. The van der Waals surface area contributed by atoms with E-state index in [4.69, 9.17) is 20.9 Å². The molecule has 428 valence electrons. The first-order valence-electron chi connectivity index (χ1n) is 25.5. The molecule has 26 heteroatoms. The molecule has 3 aromatic rings. The lowest BCUT2D eigenvalue weighted by molar-refractivity contribution is -0.136. The normalized spacial score (nSPS) is 19.7. The molecule has 12 N–H and O–H groups in total. The molecule has 2 heterocycles. The van der Waals surface area contributed by atoms with E-state index in [9.17, 15) is 57.5 Å². The topological polar surface area (TPSA) is 377 Å². The summed E-state index contributed by atoms with van der Waals surface area (Å²) < 4.78 is 11.7. The number of hydrogen-bond acceptors (Lipinski definition) is 15. The van der Waals surface area contributed by atoms with Gasteiger partial charge in [-0.15, -0.1) is 11.8 Å². The summed E-state index contributed by atoms with van der Waals surface area (Å²) in [7, 11) is 2.24. The number of carbonyl (C=O) groups excluding carboxylic acids is 12. The van der Waals surface area contributed by atoms with E-state index in [2.05, 4.69) is 42.5 Å². The average molecular weight is 1120 g/mol. The molecule has 7 atom stereocenters. The molecule has 0 radical (unpaired) electrons. The first kappa shape index (κ1) is 63.2. The maximum Gasteiger partial charge on any atom is 0.340 e. The van der Waals surface area contributed by atoms with Crippen molar-refractivity contribution in [3.63, 3.8) is 0 Å². The second-order valence-corrected chi connectivity index (χ2v) is 20.2. The Morgan fingerprint density at radius 2 is 1.43 bits per heavy atom. The number of ether oxygens (including phenoxy) is 2. The Morgan fingerprint density at radius 1 is 0.785 bits per heavy atom. The monoisotopic (exact) mass is 1120 g/mol. The van der Waals surface area contributed by atoms with Gasteiger partial charge >= 0.3 is 11.9 Å². The Morgan fingerprint density at radius 3 is 2.05 bits per heavy atom. The molecule has 0 saturated heterocycles. The fraction of sp³-hybridized carbons (Fsp3) is 0.472. The number of benzene rings is 2. The highest BCUT2D eigenvalue weighted by atomic mass is 32.2. The van der Waals surface area contributed by atoms with Gasteiger partial charge < -0.3 is 68.0 Å². The molecule has 0 aliphatic carbocycles. The Balaban J connectivity index is 1.90. The molecule has 0 saturated carbocycles. The number of thioether (sulfide) groups is 1. The van der Waals surface area contributed by atoms with E-state index in [-0.39, 0.29) is 68.0 Å². The lowest BCUT2D eigenvalue weighted by atomic mass is 10.00. The number of nitrogens with one attached hydrogen (secondary N) is 8. The van der Waals surface area contributed by atoms with E-state index in [0.717, 1.165) is 32.1 Å². The van der Waals surface area contributed by atoms with Crippen LogP contribution in [-0.2, 0) is 80.0 Å². The number of primary amides is 2.